The highest BCUT2D eigenvalue weighted by molar-refractivity contribution is 5.04. The van der Waals surface area contributed by atoms with Gasteiger partial charge in [0, 0.05) is 49.8 Å². The standard InChI is InChI=1S/C16H25N5O/c1-3-4-5-15-17-9-13(20-15)10-21-6-7-22-14(11-21)16-18-8-12(2)19-16/h8-9,14H,3-7,10-11H2,1-2H3,(H,17,20)(H,18,19)/t14-/m1/s1. The topological polar surface area (TPSA) is 69.8 Å². The third kappa shape index (κ3) is 3.75. The van der Waals surface area contributed by atoms with Gasteiger partial charge in [-0.3, -0.25) is 4.90 Å². The molecule has 2 aromatic rings. The van der Waals surface area contributed by atoms with E-state index in [0.717, 1.165) is 50.0 Å². The molecule has 0 bridgehead atoms. The summed E-state index contributed by atoms with van der Waals surface area (Å²) in [5, 5.41) is 0. The second-order valence-corrected chi connectivity index (χ2v) is 6.00. The van der Waals surface area contributed by atoms with Crippen molar-refractivity contribution < 1.29 is 4.74 Å². The number of aromatic amines is 2. The summed E-state index contributed by atoms with van der Waals surface area (Å²) in [6, 6.07) is 0. The van der Waals surface area contributed by atoms with Gasteiger partial charge in [0.05, 0.1) is 6.61 Å². The number of H-pyrrole nitrogens is 2. The van der Waals surface area contributed by atoms with Crippen molar-refractivity contribution >= 4 is 0 Å². The maximum Gasteiger partial charge on any atom is 0.136 e. The van der Waals surface area contributed by atoms with E-state index < -0.39 is 0 Å². The molecule has 3 heterocycles. The average Bonchev–Trinajstić information content (AvgIpc) is 3.15. The largest absolute Gasteiger partial charge is 0.368 e. The number of aryl methyl sites for hydroxylation is 2. The number of hydrogen-bond donors (Lipinski definition) is 2. The fourth-order valence-electron chi connectivity index (χ4n) is 2.81. The van der Waals surface area contributed by atoms with Crippen molar-refractivity contribution in [2.45, 2.75) is 45.8 Å². The van der Waals surface area contributed by atoms with Crippen molar-refractivity contribution in [2.24, 2.45) is 0 Å². The van der Waals surface area contributed by atoms with Gasteiger partial charge in [-0.15, -0.1) is 0 Å². The molecule has 0 amide bonds. The van der Waals surface area contributed by atoms with Crippen LogP contribution in [0.5, 0.6) is 0 Å². The van der Waals surface area contributed by atoms with Crippen LogP contribution in [-0.2, 0) is 17.7 Å². The van der Waals surface area contributed by atoms with E-state index in [0.29, 0.717) is 0 Å². The predicted octanol–water partition coefficient (Wildman–Crippen LogP) is 2.36. The minimum absolute atomic E-state index is 0.0323. The molecule has 2 aromatic heterocycles. The van der Waals surface area contributed by atoms with Crippen molar-refractivity contribution in [1.82, 2.24) is 24.8 Å². The molecular formula is C16H25N5O. The second kappa shape index (κ2) is 7.07. The minimum Gasteiger partial charge on any atom is -0.368 e. The SMILES string of the molecule is CCCCc1ncc(CN2CCO[C@@H](c3ncc(C)[nH]3)C2)[nH]1. The van der Waals surface area contributed by atoms with E-state index >= 15 is 0 Å². The fraction of sp³-hybridized carbons (Fsp3) is 0.625. The highest BCUT2D eigenvalue weighted by atomic mass is 16.5. The van der Waals surface area contributed by atoms with Crippen LogP contribution in [0.25, 0.3) is 0 Å². The first-order valence-corrected chi connectivity index (χ1v) is 8.13. The zero-order valence-electron chi connectivity index (χ0n) is 13.4. The Balaban J connectivity index is 1.57. The first-order chi connectivity index (χ1) is 10.7. The molecular weight excluding hydrogens is 278 g/mol. The summed E-state index contributed by atoms with van der Waals surface area (Å²) in [4.78, 5) is 18.0. The van der Waals surface area contributed by atoms with E-state index in [2.05, 4.69) is 31.8 Å². The number of hydrogen-bond acceptors (Lipinski definition) is 4. The van der Waals surface area contributed by atoms with Crippen LogP contribution >= 0.6 is 0 Å². The normalized spacial score (nSPS) is 19.6. The van der Waals surface area contributed by atoms with Crippen molar-refractivity contribution in [3.8, 4) is 0 Å². The van der Waals surface area contributed by atoms with E-state index in [1.165, 1.54) is 18.5 Å². The van der Waals surface area contributed by atoms with Gasteiger partial charge in [0.1, 0.15) is 17.8 Å². The Morgan fingerprint density at radius 2 is 2.23 bits per heavy atom. The number of rotatable bonds is 6. The van der Waals surface area contributed by atoms with Gasteiger partial charge in [0.2, 0.25) is 0 Å². The summed E-state index contributed by atoms with van der Waals surface area (Å²) < 4.78 is 5.84. The molecule has 22 heavy (non-hydrogen) atoms. The van der Waals surface area contributed by atoms with E-state index in [9.17, 15) is 0 Å². The van der Waals surface area contributed by atoms with Crippen molar-refractivity contribution in [1.29, 1.82) is 0 Å². The first kappa shape index (κ1) is 15.2. The molecule has 0 radical (unpaired) electrons. The van der Waals surface area contributed by atoms with Crippen molar-refractivity contribution in [3.05, 3.63) is 35.4 Å². The molecule has 0 spiro atoms. The molecule has 6 nitrogen and oxygen atoms in total. The minimum atomic E-state index is 0.0323. The van der Waals surface area contributed by atoms with Gasteiger partial charge in [-0.1, -0.05) is 13.3 Å². The molecule has 6 heteroatoms. The molecule has 3 rings (SSSR count). The fourth-order valence-corrected chi connectivity index (χ4v) is 2.81. The molecule has 1 fully saturated rings. The molecule has 1 aliphatic rings. The Kier molecular flexibility index (Phi) is 4.90. The summed E-state index contributed by atoms with van der Waals surface area (Å²) in [6.45, 7) is 7.64. The lowest BCUT2D eigenvalue weighted by atomic mass is 10.2. The number of unbranched alkanes of at least 4 members (excludes halogenated alkanes) is 1. The van der Waals surface area contributed by atoms with E-state index in [-0.39, 0.29) is 6.10 Å². The lowest BCUT2D eigenvalue weighted by molar-refractivity contribution is -0.0372. The number of aromatic nitrogens is 4. The third-order valence-electron chi connectivity index (χ3n) is 4.02. The molecule has 2 N–H and O–H groups in total. The summed E-state index contributed by atoms with van der Waals surface area (Å²) >= 11 is 0. The number of nitrogens with one attached hydrogen (secondary N) is 2. The van der Waals surface area contributed by atoms with Crippen molar-refractivity contribution in [3.63, 3.8) is 0 Å². The average molecular weight is 303 g/mol. The number of imidazole rings is 2. The van der Waals surface area contributed by atoms with E-state index in [4.69, 9.17) is 4.74 Å². The summed E-state index contributed by atoms with van der Waals surface area (Å²) in [7, 11) is 0. The van der Waals surface area contributed by atoms with Gasteiger partial charge >= 0.3 is 0 Å². The molecule has 0 aromatic carbocycles. The van der Waals surface area contributed by atoms with Gasteiger partial charge in [0.15, 0.2) is 0 Å². The van der Waals surface area contributed by atoms with E-state index in [1.807, 2.05) is 19.3 Å². The lowest BCUT2D eigenvalue weighted by Gasteiger charge is -2.31. The van der Waals surface area contributed by atoms with Crippen LogP contribution in [0.15, 0.2) is 12.4 Å². The molecule has 0 unspecified atom stereocenters. The van der Waals surface area contributed by atoms with Gasteiger partial charge in [-0.05, 0) is 13.3 Å². The maximum absolute atomic E-state index is 5.84. The Labute approximate surface area is 131 Å². The summed E-state index contributed by atoms with van der Waals surface area (Å²) in [5.74, 6) is 2.03. The quantitative estimate of drug-likeness (QED) is 0.859. The maximum atomic E-state index is 5.84. The molecule has 0 aliphatic carbocycles. The Bertz CT molecular complexity index is 591. The summed E-state index contributed by atoms with van der Waals surface area (Å²) in [5.41, 5.74) is 2.26. The molecule has 0 saturated carbocycles. The van der Waals surface area contributed by atoms with Crippen LogP contribution in [0, 0.1) is 6.92 Å². The highest BCUT2D eigenvalue weighted by Crippen LogP contribution is 2.20. The summed E-state index contributed by atoms with van der Waals surface area (Å²) in [6.07, 6.45) is 7.27. The number of morpholine rings is 1. The first-order valence-electron chi connectivity index (χ1n) is 8.13. The van der Waals surface area contributed by atoms with Crippen LogP contribution < -0.4 is 0 Å². The molecule has 120 valence electrons. The van der Waals surface area contributed by atoms with Crippen LogP contribution in [0.3, 0.4) is 0 Å². The Morgan fingerprint density at radius 1 is 1.32 bits per heavy atom. The van der Waals surface area contributed by atoms with Gasteiger partial charge in [-0.25, -0.2) is 9.97 Å². The molecule has 1 aliphatic heterocycles. The highest BCUT2D eigenvalue weighted by Gasteiger charge is 2.24. The smallest absolute Gasteiger partial charge is 0.136 e. The van der Waals surface area contributed by atoms with Crippen molar-refractivity contribution in [2.75, 3.05) is 19.7 Å². The van der Waals surface area contributed by atoms with E-state index in [1.54, 1.807) is 0 Å². The van der Waals surface area contributed by atoms with Crippen LogP contribution in [0.4, 0.5) is 0 Å². The number of nitrogens with zero attached hydrogens (tertiary/aromatic N) is 3. The molecule has 1 atom stereocenters. The molecule has 1 saturated heterocycles. The lowest BCUT2D eigenvalue weighted by Crippen LogP contribution is -2.38. The van der Waals surface area contributed by atoms with Crippen LogP contribution in [-0.4, -0.2) is 44.5 Å². The van der Waals surface area contributed by atoms with Gasteiger partial charge in [-0.2, -0.15) is 0 Å². The predicted molar refractivity (Wildman–Crippen MR) is 84.5 cm³/mol. The Hall–Kier alpha value is -1.66. The van der Waals surface area contributed by atoms with Crippen LogP contribution in [0.1, 0.15) is 48.9 Å². The van der Waals surface area contributed by atoms with Crippen LogP contribution in [0.2, 0.25) is 0 Å². The zero-order valence-corrected chi connectivity index (χ0v) is 13.4. The van der Waals surface area contributed by atoms with Gasteiger partial charge in [0.25, 0.3) is 0 Å². The number of ether oxygens (including phenoxy) is 1. The van der Waals surface area contributed by atoms with Gasteiger partial charge < -0.3 is 14.7 Å². The second-order valence-electron chi connectivity index (χ2n) is 6.00. The third-order valence-corrected chi connectivity index (χ3v) is 4.02. The zero-order chi connectivity index (χ0) is 15.4. The monoisotopic (exact) mass is 303 g/mol. The Morgan fingerprint density at radius 3 is 3.00 bits per heavy atom.